The Balaban J connectivity index is 1.99. The minimum atomic E-state index is -0.303. The largest absolute Gasteiger partial charge is 0.497 e. The Morgan fingerprint density at radius 3 is 2.76 bits per heavy atom. The van der Waals surface area contributed by atoms with Crippen LogP contribution in [0.5, 0.6) is 5.75 Å². The molecule has 0 radical (unpaired) electrons. The van der Waals surface area contributed by atoms with Crippen LogP contribution in [-0.4, -0.2) is 18.0 Å². The third kappa shape index (κ3) is 2.52. The molecule has 1 aromatic heterocycles. The van der Waals surface area contributed by atoms with Crippen molar-refractivity contribution in [1.82, 2.24) is 4.57 Å². The van der Waals surface area contributed by atoms with E-state index in [1.807, 2.05) is 29.0 Å². The van der Waals surface area contributed by atoms with Crippen LogP contribution in [0.4, 0.5) is 4.39 Å². The molecule has 0 aliphatic heterocycles. The predicted molar refractivity (Wildman–Crippen MR) is 79.4 cm³/mol. The third-order valence-electron chi connectivity index (χ3n) is 3.53. The SMILES string of the molecule is COc1ccc(Cn2ccc3ccc(C=O)cc32)c(F)c1. The summed E-state index contributed by atoms with van der Waals surface area (Å²) >= 11 is 0. The van der Waals surface area contributed by atoms with Crippen molar-refractivity contribution in [2.75, 3.05) is 7.11 Å². The summed E-state index contributed by atoms with van der Waals surface area (Å²) in [6.07, 6.45) is 2.70. The van der Waals surface area contributed by atoms with Crippen LogP contribution in [-0.2, 0) is 6.54 Å². The first-order chi connectivity index (χ1) is 10.2. The molecule has 0 N–H and O–H groups in total. The Hall–Kier alpha value is -2.62. The second-order valence-electron chi connectivity index (χ2n) is 4.84. The fraction of sp³-hybridized carbons (Fsp3) is 0.118. The van der Waals surface area contributed by atoms with Gasteiger partial charge in [0.2, 0.25) is 0 Å². The maximum Gasteiger partial charge on any atom is 0.150 e. The summed E-state index contributed by atoms with van der Waals surface area (Å²) in [4.78, 5) is 10.9. The molecule has 0 bridgehead atoms. The maximum atomic E-state index is 14.0. The summed E-state index contributed by atoms with van der Waals surface area (Å²) in [7, 11) is 1.51. The van der Waals surface area contributed by atoms with Gasteiger partial charge in [-0.15, -0.1) is 0 Å². The van der Waals surface area contributed by atoms with Gasteiger partial charge >= 0.3 is 0 Å². The number of halogens is 1. The number of carbonyl (C=O) groups excluding carboxylic acids is 1. The number of aromatic nitrogens is 1. The minimum absolute atomic E-state index is 0.303. The van der Waals surface area contributed by atoms with Crippen LogP contribution in [0, 0.1) is 5.82 Å². The van der Waals surface area contributed by atoms with Crippen molar-refractivity contribution in [2.24, 2.45) is 0 Å². The lowest BCUT2D eigenvalue weighted by molar-refractivity contribution is 0.112. The monoisotopic (exact) mass is 283 g/mol. The van der Waals surface area contributed by atoms with Gasteiger partial charge in [0, 0.05) is 28.9 Å². The van der Waals surface area contributed by atoms with Crippen molar-refractivity contribution in [3.05, 3.63) is 65.6 Å². The Morgan fingerprint density at radius 2 is 2.05 bits per heavy atom. The number of carbonyl (C=O) groups is 1. The molecule has 3 rings (SSSR count). The highest BCUT2D eigenvalue weighted by Crippen LogP contribution is 2.21. The van der Waals surface area contributed by atoms with E-state index in [0.717, 1.165) is 17.2 Å². The number of rotatable bonds is 4. The van der Waals surface area contributed by atoms with Crippen molar-refractivity contribution in [2.45, 2.75) is 6.54 Å². The van der Waals surface area contributed by atoms with Gasteiger partial charge < -0.3 is 9.30 Å². The van der Waals surface area contributed by atoms with Gasteiger partial charge in [-0.3, -0.25) is 4.79 Å². The number of benzene rings is 2. The highest BCUT2D eigenvalue weighted by molar-refractivity contribution is 5.87. The van der Waals surface area contributed by atoms with Crippen molar-refractivity contribution in [1.29, 1.82) is 0 Å². The molecule has 0 fully saturated rings. The van der Waals surface area contributed by atoms with Gasteiger partial charge in [-0.1, -0.05) is 18.2 Å². The van der Waals surface area contributed by atoms with Gasteiger partial charge in [-0.25, -0.2) is 4.39 Å². The zero-order valence-corrected chi connectivity index (χ0v) is 11.5. The molecular formula is C17H14FNO2. The average molecular weight is 283 g/mol. The lowest BCUT2D eigenvalue weighted by Gasteiger charge is -2.08. The van der Waals surface area contributed by atoms with Crippen LogP contribution in [0.15, 0.2) is 48.7 Å². The molecular weight excluding hydrogens is 269 g/mol. The van der Waals surface area contributed by atoms with E-state index in [0.29, 0.717) is 23.4 Å². The van der Waals surface area contributed by atoms with Crippen LogP contribution in [0.3, 0.4) is 0 Å². The van der Waals surface area contributed by atoms with Gasteiger partial charge in [0.1, 0.15) is 17.9 Å². The van der Waals surface area contributed by atoms with Gasteiger partial charge in [-0.2, -0.15) is 0 Å². The predicted octanol–water partition coefficient (Wildman–Crippen LogP) is 3.65. The summed E-state index contributed by atoms with van der Waals surface area (Å²) in [6.45, 7) is 0.404. The zero-order chi connectivity index (χ0) is 14.8. The van der Waals surface area contributed by atoms with Crippen LogP contribution >= 0.6 is 0 Å². The molecule has 0 spiro atoms. The van der Waals surface area contributed by atoms with E-state index in [9.17, 15) is 9.18 Å². The first-order valence-electron chi connectivity index (χ1n) is 6.58. The zero-order valence-electron chi connectivity index (χ0n) is 11.5. The fourth-order valence-electron chi connectivity index (χ4n) is 2.38. The normalized spacial score (nSPS) is 10.8. The second kappa shape index (κ2) is 5.40. The smallest absolute Gasteiger partial charge is 0.150 e. The summed E-state index contributed by atoms with van der Waals surface area (Å²) < 4.78 is 20.9. The molecule has 3 aromatic rings. The van der Waals surface area contributed by atoms with Crippen molar-refractivity contribution in [3.63, 3.8) is 0 Å². The molecule has 21 heavy (non-hydrogen) atoms. The maximum absolute atomic E-state index is 14.0. The van der Waals surface area contributed by atoms with Crippen molar-refractivity contribution < 1.29 is 13.9 Å². The highest BCUT2D eigenvalue weighted by Gasteiger charge is 2.07. The van der Waals surface area contributed by atoms with Gasteiger partial charge in [-0.05, 0) is 23.6 Å². The molecule has 0 unspecified atom stereocenters. The quantitative estimate of drug-likeness (QED) is 0.684. The number of hydrogen-bond donors (Lipinski definition) is 0. The molecule has 0 aliphatic carbocycles. The van der Waals surface area contributed by atoms with Crippen LogP contribution in [0.1, 0.15) is 15.9 Å². The first-order valence-corrected chi connectivity index (χ1v) is 6.58. The van der Waals surface area contributed by atoms with E-state index in [4.69, 9.17) is 4.74 Å². The van der Waals surface area contributed by atoms with Crippen LogP contribution in [0.25, 0.3) is 10.9 Å². The summed E-state index contributed by atoms with van der Waals surface area (Å²) in [5, 5.41) is 1.02. The highest BCUT2D eigenvalue weighted by atomic mass is 19.1. The molecule has 0 amide bonds. The van der Waals surface area contributed by atoms with Crippen molar-refractivity contribution in [3.8, 4) is 5.75 Å². The van der Waals surface area contributed by atoms with E-state index in [-0.39, 0.29) is 5.82 Å². The summed E-state index contributed by atoms with van der Waals surface area (Å²) in [5.74, 6) is 0.194. The van der Waals surface area contributed by atoms with Gasteiger partial charge in [0.05, 0.1) is 13.7 Å². The molecule has 2 aromatic carbocycles. The molecule has 0 saturated heterocycles. The molecule has 0 aliphatic rings. The standard InChI is InChI=1S/C17H14FNO2/c1-21-15-5-4-14(16(18)9-15)10-19-7-6-13-3-2-12(11-20)8-17(13)19/h2-9,11H,10H2,1H3. The van der Waals surface area contributed by atoms with Gasteiger partial charge in [0.25, 0.3) is 0 Å². The first kappa shape index (κ1) is 13.4. The third-order valence-corrected chi connectivity index (χ3v) is 3.53. The van der Waals surface area contributed by atoms with Crippen LogP contribution < -0.4 is 4.74 Å². The number of nitrogens with zero attached hydrogens (tertiary/aromatic N) is 1. The summed E-state index contributed by atoms with van der Waals surface area (Å²) in [5.41, 5.74) is 2.09. The number of fused-ring (bicyclic) bond motifs is 1. The molecule has 106 valence electrons. The number of ether oxygens (including phenoxy) is 1. The van der Waals surface area contributed by atoms with E-state index in [2.05, 4.69) is 0 Å². The van der Waals surface area contributed by atoms with E-state index >= 15 is 0 Å². The number of aldehydes is 1. The molecule has 4 heteroatoms. The molecule has 0 saturated carbocycles. The minimum Gasteiger partial charge on any atom is -0.497 e. The Labute approximate surface area is 121 Å². The number of hydrogen-bond acceptors (Lipinski definition) is 2. The molecule has 1 heterocycles. The lowest BCUT2D eigenvalue weighted by atomic mass is 10.1. The van der Waals surface area contributed by atoms with Crippen LogP contribution in [0.2, 0.25) is 0 Å². The Morgan fingerprint density at radius 1 is 1.19 bits per heavy atom. The average Bonchev–Trinajstić information content (AvgIpc) is 2.91. The number of methoxy groups -OCH3 is 1. The lowest BCUT2D eigenvalue weighted by Crippen LogP contribution is -2.01. The molecule has 0 atom stereocenters. The van der Waals surface area contributed by atoms with Crippen molar-refractivity contribution >= 4 is 17.2 Å². The molecule has 3 nitrogen and oxygen atoms in total. The van der Waals surface area contributed by atoms with E-state index in [1.54, 1.807) is 18.2 Å². The fourth-order valence-corrected chi connectivity index (χ4v) is 2.38. The van der Waals surface area contributed by atoms with Gasteiger partial charge in [0.15, 0.2) is 0 Å². The Bertz CT molecular complexity index is 808. The topological polar surface area (TPSA) is 31.2 Å². The second-order valence-corrected chi connectivity index (χ2v) is 4.84. The summed E-state index contributed by atoms with van der Waals surface area (Å²) in [6, 6.07) is 12.2. The Kier molecular flexibility index (Phi) is 3.44. The van der Waals surface area contributed by atoms with E-state index < -0.39 is 0 Å². The van der Waals surface area contributed by atoms with E-state index in [1.165, 1.54) is 13.2 Å².